The van der Waals surface area contributed by atoms with Crippen LogP contribution in [-0.4, -0.2) is 60.2 Å². The van der Waals surface area contributed by atoms with Crippen molar-refractivity contribution in [2.75, 3.05) is 39.6 Å². The van der Waals surface area contributed by atoms with Crippen molar-refractivity contribution < 1.29 is 29.3 Å². The number of unbranched alkanes of at least 4 members (excludes halogenated alkanes) is 4. The summed E-state index contributed by atoms with van der Waals surface area (Å²) in [7, 11) is 0. The van der Waals surface area contributed by atoms with Crippen molar-refractivity contribution in [3.63, 3.8) is 0 Å². The van der Waals surface area contributed by atoms with E-state index in [4.69, 9.17) is 14.9 Å². The molecule has 6 nitrogen and oxygen atoms in total. The summed E-state index contributed by atoms with van der Waals surface area (Å²) >= 11 is 0. The van der Waals surface area contributed by atoms with Gasteiger partial charge in [0, 0.05) is 0 Å². The van der Waals surface area contributed by atoms with Crippen LogP contribution in [0.5, 0.6) is 0 Å². The largest absolute Gasteiger partial charge is 0.544 e. The lowest BCUT2D eigenvalue weighted by atomic mass is 10.1. The van der Waals surface area contributed by atoms with Gasteiger partial charge in [-0.2, -0.15) is 0 Å². The van der Waals surface area contributed by atoms with E-state index in [1.54, 1.807) is 6.26 Å². The molecule has 0 unspecified atom stereocenters. The molecule has 0 heterocycles. The number of ether oxygens (including phenoxy) is 1. The first-order valence-electron chi connectivity index (χ1n) is 7.63. The van der Waals surface area contributed by atoms with Crippen LogP contribution in [0.4, 0.5) is 0 Å². The van der Waals surface area contributed by atoms with Crippen LogP contribution in [0.2, 0.25) is 0 Å². The fourth-order valence-corrected chi connectivity index (χ4v) is 2.17. The number of aliphatic hydroxyl groups is 2. The molecule has 0 amide bonds. The molecular formula is C15H29NO5. The summed E-state index contributed by atoms with van der Waals surface area (Å²) in [5.41, 5.74) is 0. The zero-order chi connectivity index (χ0) is 16.0. The Kier molecular flexibility index (Phi) is 12.0. The molecule has 0 aliphatic carbocycles. The highest BCUT2D eigenvalue weighted by molar-refractivity contribution is 5.65. The van der Waals surface area contributed by atoms with Gasteiger partial charge in [-0.3, -0.25) is 4.48 Å². The number of hydrogen-bond donors (Lipinski definition) is 2. The Morgan fingerprint density at radius 1 is 1.19 bits per heavy atom. The first kappa shape index (κ1) is 19.9. The van der Waals surface area contributed by atoms with Crippen molar-refractivity contribution >= 4 is 5.97 Å². The Morgan fingerprint density at radius 3 is 2.38 bits per heavy atom. The maximum absolute atomic E-state index is 10.8. The molecule has 124 valence electrons. The van der Waals surface area contributed by atoms with Gasteiger partial charge in [0.05, 0.1) is 25.4 Å². The minimum Gasteiger partial charge on any atom is -0.544 e. The highest BCUT2D eigenvalue weighted by Crippen LogP contribution is 2.07. The second-order valence-corrected chi connectivity index (χ2v) is 5.28. The lowest BCUT2D eigenvalue weighted by Crippen LogP contribution is -2.57. The first-order valence-corrected chi connectivity index (χ1v) is 7.63. The van der Waals surface area contributed by atoms with E-state index in [1.165, 1.54) is 19.3 Å². The average Bonchev–Trinajstić information content (AvgIpc) is 2.41. The van der Waals surface area contributed by atoms with Gasteiger partial charge in [-0.25, -0.2) is 0 Å². The number of quaternary nitrogens is 1. The third-order valence-electron chi connectivity index (χ3n) is 3.38. The molecule has 0 spiro atoms. The van der Waals surface area contributed by atoms with Crippen LogP contribution in [0.1, 0.15) is 39.0 Å². The van der Waals surface area contributed by atoms with E-state index in [0.717, 1.165) is 12.8 Å². The van der Waals surface area contributed by atoms with Crippen molar-refractivity contribution in [3.8, 4) is 0 Å². The Balaban J connectivity index is 4.20. The number of aliphatic carboxylic acids is 1. The quantitative estimate of drug-likeness (QED) is 0.204. The van der Waals surface area contributed by atoms with Gasteiger partial charge in [0.2, 0.25) is 6.73 Å². The Labute approximate surface area is 127 Å². The molecule has 0 aromatic rings. The Hall–Kier alpha value is -1.11. The minimum absolute atomic E-state index is 0.0461. The van der Waals surface area contributed by atoms with Gasteiger partial charge in [0.15, 0.2) is 0 Å². The van der Waals surface area contributed by atoms with Gasteiger partial charge >= 0.3 is 0 Å². The number of carbonyl (C=O) groups is 1. The summed E-state index contributed by atoms with van der Waals surface area (Å²) in [4.78, 5) is 10.8. The minimum atomic E-state index is -1.22. The molecule has 0 saturated heterocycles. The molecule has 0 aliphatic heterocycles. The molecule has 0 aliphatic rings. The van der Waals surface area contributed by atoms with E-state index in [-0.39, 0.29) is 44.1 Å². The van der Waals surface area contributed by atoms with Gasteiger partial charge in [0.1, 0.15) is 19.6 Å². The number of carboxylic acid groups (broad SMARTS) is 1. The van der Waals surface area contributed by atoms with Gasteiger partial charge in [-0.15, -0.1) is 0 Å². The summed E-state index contributed by atoms with van der Waals surface area (Å²) in [5, 5.41) is 29.0. The third-order valence-corrected chi connectivity index (χ3v) is 3.38. The maximum Gasteiger partial charge on any atom is 0.223 e. The van der Waals surface area contributed by atoms with Gasteiger partial charge in [-0.1, -0.05) is 26.2 Å². The number of nitrogens with zero attached hydrogens (tertiary/aromatic N) is 1. The van der Waals surface area contributed by atoms with E-state index in [1.807, 2.05) is 6.08 Å². The second-order valence-electron chi connectivity index (χ2n) is 5.28. The number of allylic oxidation sites excluding steroid dienone is 1. The van der Waals surface area contributed by atoms with Gasteiger partial charge in [0.25, 0.3) is 0 Å². The highest BCUT2D eigenvalue weighted by atomic mass is 16.5. The molecule has 6 heteroatoms. The van der Waals surface area contributed by atoms with Crippen LogP contribution in [0.25, 0.3) is 0 Å². The standard InChI is InChI=1S/C15H29NO5/c1-2-3-4-5-6-7-12-21-14-16(8-10-17,9-11-18)13-15(19)20/h7,12,17-18H,2-6,8-11,13-14H2,1H3/b12-7+. The molecule has 0 aromatic carbocycles. The lowest BCUT2D eigenvalue weighted by Gasteiger charge is -2.36. The van der Waals surface area contributed by atoms with Crippen molar-refractivity contribution in [1.29, 1.82) is 0 Å². The SMILES string of the molecule is CCCCCC/C=C/OC[N+](CCO)(CCO)CC(=O)[O-]. The molecule has 0 fully saturated rings. The predicted octanol–water partition coefficient (Wildman–Crippen LogP) is -0.00410. The zero-order valence-electron chi connectivity index (χ0n) is 13.0. The van der Waals surface area contributed by atoms with Crippen LogP contribution in [0.3, 0.4) is 0 Å². The zero-order valence-corrected chi connectivity index (χ0v) is 13.0. The molecule has 0 aromatic heterocycles. The molecule has 0 saturated carbocycles. The Morgan fingerprint density at radius 2 is 1.86 bits per heavy atom. The third kappa shape index (κ3) is 10.3. The van der Waals surface area contributed by atoms with Crippen LogP contribution >= 0.6 is 0 Å². The Bertz CT molecular complexity index is 288. The van der Waals surface area contributed by atoms with Crippen molar-refractivity contribution in [2.24, 2.45) is 0 Å². The average molecular weight is 303 g/mol. The van der Waals surface area contributed by atoms with Gasteiger partial charge in [-0.05, 0) is 18.9 Å². The van der Waals surface area contributed by atoms with E-state index in [2.05, 4.69) is 6.92 Å². The maximum atomic E-state index is 10.8. The van der Waals surface area contributed by atoms with Crippen LogP contribution in [0, 0.1) is 0 Å². The van der Waals surface area contributed by atoms with Crippen LogP contribution < -0.4 is 5.11 Å². The molecule has 21 heavy (non-hydrogen) atoms. The number of hydrogen-bond acceptors (Lipinski definition) is 5. The molecule has 0 rings (SSSR count). The van der Waals surface area contributed by atoms with E-state index < -0.39 is 5.97 Å². The number of carboxylic acids is 1. The number of aliphatic hydroxyl groups excluding tert-OH is 2. The van der Waals surface area contributed by atoms with Crippen molar-refractivity contribution in [3.05, 3.63) is 12.3 Å². The highest BCUT2D eigenvalue weighted by Gasteiger charge is 2.27. The summed E-state index contributed by atoms with van der Waals surface area (Å²) in [6.45, 7) is 2.05. The van der Waals surface area contributed by atoms with Crippen LogP contribution in [-0.2, 0) is 9.53 Å². The molecular weight excluding hydrogens is 274 g/mol. The molecule has 0 bridgehead atoms. The summed E-state index contributed by atoms with van der Waals surface area (Å²) < 4.78 is 5.34. The summed E-state index contributed by atoms with van der Waals surface area (Å²) in [5.74, 6) is -1.22. The van der Waals surface area contributed by atoms with Gasteiger partial charge < -0.3 is 24.9 Å². The van der Waals surface area contributed by atoms with Crippen molar-refractivity contribution in [2.45, 2.75) is 39.0 Å². The predicted molar refractivity (Wildman–Crippen MR) is 77.9 cm³/mol. The topological polar surface area (TPSA) is 89.8 Å². The molecule has 0 radical (unpaired) electrons. The fourth-order valence-electron chi connectivity index (χ4n) is 2.17. The molecule has 2 N–H and O–H groups in total. The summed E-state index contributed by atoms with van der Waals surface area (Å²) in [6.07, 6.45) is 9.16. The van der Waals surface area contributed by atoms with Crippen LogP contribution in [0.15, 0.2) is 12.3 Å². The van der Waals surface area contributed by atoms with E-state index in [0.29, 0.717) is 0 Å². The lowest BCUT2D eigenvalue weighted by molar-refractivity contribution is -0.939. The summed E-state index contributed by atoms with van der Waals surface area (Å²) in [6, 6.07) is 0. The smallest absolute Gasteiger partial charge is 0.223 e. The molecule has 0 atom stereocenters. The monoisotopic (exact) mass is 303 g/mol. The second kappa shape index (κ2) is 12.6. The van der Waals surface area contributed by atoms with E-state index >= 15 is 0 Å². The number of rotatable bonds is 14. The number of carbonyl (C=O) groups excluding carboxylic acids is 1. The first-order chi connectivity index (χ1) is 10.1. The van der Waals surface area contributed by atoms with E-state index in [9.17, 15) is 9.90 Å². The van der Waals surface area contributed by atoms with Crippen molar-refractivity contribution in [1.82, 2.24) is 0 Å². The fraction of sp³-hybridized carbons (Fsp3) is 0.800. The normalized spacial score (nSPS) is 12.0.